The van der Waals surface area contributed by atoms with Crippen molar-refractivity contribution in [1.29, 1.82) is 0 Å². The molecule has 0 aromatic rings. The largest absolute Gasteiger partial charge is 0.480 e. The van der Waals surface area contributed by atoms with Crippen LogP contribution in [0.5, 0.6) is 0 Å². The van der Waals surface area contributed by atoms with Crippen molar-refractivity contribution in [2.75, 3.05) is 19.8 Å². The lowest BCUT2D eigenvalue weighted by Crippen LogP contribution is -2.43. The highest BCUT2D eigenvalue weighted by Gasteiger charge is 2.28. The van der Waals surface area contributed by atoms with Crippen LogP contribution in [0.3, 0.4) is 0 Å². The van der Waals surface area contributed by atoms with Crippen LogP contribution >= 0.6 is 7.82 Å². The third-order valence-electron chi connectivity index (χ3n) is 6.51. The molecule has 12 heteroatoms. The summed E-state index contributed by atoms with van der Waals surface area (Å²) in [6, 6.07) is -1.57. The van der Waals surface area contributed by atoms with E-state index in [1.165, 1.54) is 0 Å². The molecule has 272 valence electrons. The molecule has 0 saturated heterocycles. The number of hydrogen-bond acceptors (Lipinski definition) is 8. The van der Waals surface area contributed by atoms with Crippen LogP contribution < -0.4 is 5.32 Å². The van der Waals surface area contributed by atoms with Crippen molar-refractivity contribution in [3.05, 3.63) is 72.9 Å². The highest BCUT2D eigenvalue weighted by molar-refractivity contribution is 7.47. The first-order chi connectivity index (χ1) is 23.1. The lowest BCUT2D eigenvalue weighted by molar-refractivity contribution is -0.147. The first kappa shape index (κ1) is 44.9. The summed E-state index contributed by atoms with van der Waals surface area (Å²) in [4.78, 5) is 45.1. The van der Waals surface area contributed by atoms with Crippen LogP contribution in [0.25, 0.3) is 0 Å². The minimum atomic E-state index is -4.75. The molecule has 4 N–H and O–H groups in total. The molecule has 0 fully saturated rings. The fourth-order valence-corrected chi connectivity index (χ4v) is 4.62. The van der Waals surface area contributed by atoms with Gasteiger partial charge in [-0.15, -0.1) is 0 Å². The Morgan fingerprint density at radius 2 is 1.19 bits per heavy atom. The number of esters is 1. The van der Waals surface area contributed by atoms with E-state index in [1.54, 1.807) is 0 Å². The van der Waals surface area contributed by atoms with E-state index in [0.29, 0.717) is 12.8 Å². The molecule has 0 radical (unpaired) electrons. The van der Waals surface area contributed by atoms with Crippen LogP contribution in [0, 0.1) is 0 Å². The zero-order valence-corrected chi connectivity index (χ0v) is 29.6. The van der Waals surface area contributed by atoms with Crippen LogP contribution in [-0.4, -0.2) is 64.9 Å². The van der Waals surface area contributed by atoms with E-state index in [4.69, 9.17) is 9.26 Å². The Bertz CT molecular complexity index is 1100. The van der Waals surface area contributed by atoms with Gasteiger partial charge in [0.15, 0.2) is 6.04 Å². The molecule has 48 heavy (non-hydrogen) atoms. The van der Waals surface area contributed by atoms with Gasteiger partial charge in [-0.05, 0) is 64.2 Å². The summed E-state index contributed by atoms with van der Waals surface area (Å²) >= 11 is 0. The number of aliphatic hydroxyl groups excluding tert-OH is 1. The molecule has 0 aliphatic heterocycles. The van der Waals surface area contributed by atoms with Crippen LogP contribution in [-0.2, 0) is 32.7 Å². The molecule has 0 aliphatic carbocycles. The third-order valence-corrected chi connectivity index (χ3v) is 7.46. The molecule has 0 aromatic heterocycles. The zero-order valence-electron chi connectivity index (χ0n) is 28.8. The molecule has 0 saturated carbocycles. The molecular weight excluding hydrogens is 637 g/mol. The van der Waals surface area contributed by atoms with Gasteiger partial charge in [-0.25, -0.2) is 9.36 Å². The van der Waals surface area contributed by atoms with Gasteiger partial charge in [0, 0.05) is 12.8 Å². The molecule has 3 unspecified atom stereocenters. The minimum absolute atomic E-state index is 0.0863. The maximum Gasteiger partial charge on any atom is 0.472 e. The van der Waals surface area contributed by atoms with Gasteiger partial charge in [-0.2, -0.15) is 0 Å². The van der Waals surface area contributed by atoms with Crippen LogP contribution in [0.15, 0.2) is 72.9 Å². The lowest BCUT2D eigenvalue weighted by Gasteiger charge is -2.18. The highest BCUT2D eigenvalue weighted by Crippen LogP contribution is 2.43. The quantitative estimate of drug-likeness (QED) is 0.0257. The molecule has 11 nitrogen and oxygen atoms in total. The number of aliphatic hydroxyl groups is 1. The second-order valence-electron chi connectivity index (χ2n) is 11.0. The molecule has 0 aliphatic rings. The molecule has 0 aromatic carbocycles. The summed E-state index contributed by atoms with van der Waals surface area (Å²) in [6.07, 6.45) is 34.7. The summed E-state index contributed by atoms with van der Waals surface area (Å²) in [5.41, 5.74) is 0. The molecule has 0 heterocycles. The number of amides is 1. The summed E-state index contributed by atoms with van der Waals surface area (Å²) in [6.45, 7) is 2.18. The van der Waals surface area contributed by atoms with Gasteiger partial charge in [0.25, 0.3) is 0 Å². The SMILES string of the molecule is CC/C=C\C/C=C\C/C=C\C/C=C\C/C=C\C/C=C\CCCCC(=O)NC(COP(=O)(O)OCC(O)COC(=O)CCCCC)C(=O)O. The van der Waals surface area contributed by atoms with Crippen molar-refractivity contribution in [2.24, 2.45) is 0 Å². The van der Waals surface area contributed by atoms with Crippen LogP contribution in [0.4, 0.5) is 0 Å². The third kappa shape index (κ3) is 30.3. The fraction of sp³-hybridized carbons (Fsp3) is 0.583. The standard InChI is InChI=1S/C36H58NO10P/c1-3-5-7-8-9-10-11-12-13-14-15-16-17-18-19-20-21-22-23-24-26-27-34(39)37-33(36(41)42)31-47-48(43,44)46-30-32(38)29-45-35(40)28-25-6-4-2/h5,7,9-10,12-13,15-16,18-19,21-22,32-33,38H,3-4,6,8,11,14,17,20,23-31H2,1-2H3,(H,37,39)(H,41,42)(H,43,44)/b7-5-,10-9-,13-12-,16-15-,19-18-,22-21-. The van der Waals surface area contributed by atoms with Crippen molar-refractivity contribution in [3.8, 4) is 0 Å². The Balaban J connectivity index is 4.08. The van der Waals surface area contributed by atoms with Crippen molar-refractivity contribution >= 4 is 25.7 Å². The van der Waals surface area contributed by atoms with Crippen molar-refractivity contribution in [3.63, 3.8) is 0 Å². The van der Waals surface area contributed by atoms with E-state index in [2.05, 4.69) is 83.6 Å². The Kier molecular flexibility index (Phi) is 29.2. The van der Waals surface area contributed by atoms with E-state index in [9.17, 15) is 34.1 Å². The molecule has 0 bridgehead atoms. The smallest absolute Gasteiger partial charge is 0.472 e. The maximum atomic E-state index is 12.2. The van der Waals surface area contributed by atoms with Gasteiger partial charge >= 0.3 is 19.8 Å². The molecule has 3 atom stereocenters. The second kappa shape index (κ2) is 31.2. The van der Waals surface area contributed by atoms with Gasteiger partial charge in [-0.3, -0.25) is 18.6 Å². The average molecular weight is 696 g/mol. The number of carboxylic acid groups (broad SMARTS) is 1. The number of unbranched alkanes of at least 4 members (excludes halogenated alkanes) is 4. The number of hydrogen-bond donors (Lipinski definition) is 4. The molecule has 0 rings (SSSR count). The topological polar surface area (TPSA) is 169 Å². The number of nitrogens with one attached hydrogen (secondary N) is 1. The van der Waals surface area contributed by atoms with E-state index in [0.717, 1.165) is 64.2 Å². The fourth-order valence-electron chi connectivity index (χ4n) is 3.84. The number of carbonyl (C=O) groups is 3. The van der Waals surface area contributed by atoms with Gasteiger partial charge < -0.3 is 25.2 Å². The van der Waals surface area contributed by atoms with Gasteiger partial charge in [0.2, 0.25) is 5.91 Å². The number of phosphoric acid groups is 1. The molecular formula is C36H58NO10P. The Morgan fingerprint density at radius 1 is 0.688 bits per heavy atom. The Morgan fingerprint density at radius 3 is 1.71 bits per heavy atom. The second-order valence-corrected chi connectivity index (χ2v) is 12.4. The molecule has 0 spiro atoms. The van der Waals surface area contributed by atoms with E-state index >= 15 is 0 Å². The van der Waals surface area contributed by atoms with Gasteiger partial charge in [0.05, 0.1) is 13.2 Å². The predicted octanol–water partition coefficient (Wildman–Crippen LogP) is 7.43. The van der Waals surface area contributed by atoms with Crippen molar-refractivity contribution in [1.82, 2.24) is 5.32 Å². The normalized spacial score (nSPS) is 14.9. The maximum absolute atomic E-state index is 12.2. The van der Waals surface area contributed by atoms with Crippen LogP contribution in [0.2, 0.25) is 0 Å². The van der Waals surface area contributed by atoms with Crippen LogP contribution in [0.1, 0.15) is 104 Å². The number of phosphoric ester groups is 1. The lowest BCUT2D eigenvalue weighted by atomic mass is 10.1. The van der Waals surface area contributed by atoms with E-state index in [-0.39, 0.29) is 12.8 Å². The van der Waals surface area contributed by atoms with Gasteiger partial charge in [0.1, 0.15) is 12.7 Å². The number of rotatable bonds is 30. The summed E-state index contributed by atoms with van der Waals surface area (Å²) < 4.78 is 26.3. The number of carboxylic acids is 1. The van der Waals surface area contributed by atoms with E-state index in [1.807, 2.05) is 13.0 Å². The monoisotopic (exact) mass is 695 g/mol. The van der Waals surface area contributed by atoms with Crippen molar-refractivity contribution in [2.45, 2.75) is 116 Å². The first-order valence-electron chi connectivity index (χ1n) is 17.0. The summed E-state index contributed by atoms with van der Waals surface area (Å²) in [7, 11) is -4.75. The highest BCUT2D eigenvalue weighted by atomic mass is 31.2. The van der Waals surface area contributed by atoms with Gasteiger partial charge in [-0.1, -0.05) is 99.6 Å². The van der Waals surface area contributed by atoms with E-state index < -0.39 is 57.6 Å². The average Bonchev–Trinajstić information content (AvgIpc) is 3.05. The summed E-state index contributed by atoms with van der Waals surface area (Å²) in [5, 5.41) is 21.5. The number of allylic oxidation sites excluding steroid dienone is 12. The molecule has 1 amide bonds. The van der Waals surface area contributed by atoms with Crippen molar-refractivity contribution < 1.29 is 47.8 Å². The number of aliphatic carboxylic acids is 1. The Hall–Kier alpha value is -3.08. The minimum Gasteiger partial charge on any atom is -0.480 e. The number of ether oxygens (including phenoxy) is 1. The first-order valence-corrected chi connectivity index (χ1v) is 18.5. The predicted molar refractivity (Wildman–Crippen MR) is 189 cm³/mol. The zero-order chi connectivity index (χ0) is 35.7. The Labute approximate surface area is 287 Å². The number of carbonyl (C=O) groups excluding carboxylic acids is 2. The summed E-state index contributed by atoms with van der Waals surface area (Å²) in [5.74, 6) is -2.48.